The normalized spacial score (nSPS) is 12.0. The summed E-state index contributed by atoms with van der Waals surface area (Å²) >= 11 is 3.59. The number of aryl methyl sites for hydroxylation is 1. The molecule has 3 heteroatoms. The third-order valence-corrected chi connectivity index (χ3v) is 4.16. The van der Waals surface area contributed by atoms with Crippen molar-refractivity contribution in [2.45, 2.75) is 47.5 Å². The molecule has 1 aromatic carbocycles. The van der Waals surface area contributed by atoms with Gasteiger partial charge in [0, 0.05) is 6.54 Å². The average Bonchev–Trinajstić information content (AvgIpc) is 2.39. The van der Waals surface area contributed by atoms with Gasteiger partial charge in [0.1, 0.15) is 5.75 Å². The molecule has 21 heavy (non-hydrogen) atoms. The van der Waals surface area contributed by atoms with Crippen molar-refractivity contribution >= 4 is 15.9 Å². The van der Waals surface area contributed by atoms with Crippen molar-refractivity contribution in [1.29, 1.82) is 0 Å². The van der Waals surface area contributed by atoms with E-state index in [1.165, 1.54) is 12.0 Å². The van der Waals surface area contributed by atoms with Crippen LogP contribution in [0.3, 0.4) is 0 Å². The van der Waals surface area contributed by atoms with E-state index >= 15 is 0 Å². The molecule has 120 valence electrons. The summed E-state index contributed by atoms with van der Waals surface area (Å²) in [6.45, 7) is 14.0. The highest BCUT2D eigenvalue weighted by molar-refractivity contribution is 9.10. The first-order valence-corrected chi connectivity index (χ1v) is 8.75. The van der Waals surface area contributed by atoms with E-state index in [2.05, 4.69) is 67.1 Å². The molecule has 0 aliphatic rings. The SMILES string of the molecule is CCOc1ccc(CCC(C)(C)CNCC(C)C)cc1Br. The van der Waals surface area contributed by atoms with Gasteiger partial charge in [-0.3, -0.25) is 0 Å². The maximum atomic E-state index is 5.56. The Morgan fingerprint density at radius 2 is 2.00 bits per heavy atom. The quantitative estimate of drug-likeness (QED) is 0.668. The third-order valence-electron chi connectivity index (χ3n) is 3.54. The van der Waals surface area contributed by atoms with Crippen LogP contribution >= 0.6 is 15.9 Å². The maximum Gasteiger partial charge on any atom is 0.133 e. The van der Waals surface area contributed by atoms with Gasteiger partial charge in [-0.25, -0.2) is 0 Å². The average molecular weight is 356 g/mol. The summed E-state index contributed by atoms with van der Waals surface area (Å²) in [7, 11) is 0. The van der Waals surface area contributed by atoms with Crippen molar-refractivity contribution < 1.29 is 4.74 Å². The van der Waals surface area contributed by atoms with Gasteiger partial charge in [0.15, 0.2) is 0 Å². The monoisotopic (exact) mass is 355 g/mol. The van der Waals surface area contributed by atoms with Crippen molar-refractivity contribution in [3.63, 3.8) is 0 Å². The minimum atomic E-state index is 0.319. The van der Waals surface area contributed by atoms with Crippen LogP contribution < -0.4 is 10.1 Å². The van der Waals surface area contributed by atoms with Crippen LogP contribution in [0.2, 0.25) is 0 Å². The lowest BCUT2D eigenvalue weighted by molar-refractivity contribution is 0.308. The molecular formula is C18H30BrNO. The molecule has 0 unspecified atom stereocenters. The summed E-state index contributed by atoms with van der Waals surface area (Å²) in [6.07, 6.45) is 2.28. The number of hydrogen-bond donors (Lipinski definition) is 1. The molecule has 1 aromatic rings. The van der Waals surface area contributed by atoms with E-state index in [4.69, 9.17) is 4.74 Å². The minimum Gasteiger partial charge on any atom is -0.493 e. The minimum absolute atomic E-state index is 0.319. The fraction of sp³-hybridized carbons (Fsp3) is 0.667. The van der Waals surface area contributed by atoms with Crippen molar-refractivity contribution in [2.24, 2.45) is 11.3 Å². The summed E-state index contributed by atoms with van der Waals surface area (Å²) in [5.41, 5.74) is 1.68. The number of ether oxygens (including phenoxy) is 1. The fourth-order valence-electron chi connectivity index (χ4n) is 2.24. The maximum absolute atomic E-state index is 5.56. The second-order valence-corrected chi connectivity index (χ2v) is 7.74. The highest BCUT2D eigenvalue weighted by Crippen LogP contribution is 2.28. The molecule has 0 bridgehead atoms. The summed E-state index contributed by atoms with van der Waals surface area (Å²) in [6, 6.07) is 6.42. The fourth-order valence-corrected chi connectivity index (χ4v) is 2.78. The largest absolute Gasteiger partial charge is 0.493 e. The molecule has 0 heterocycles. The first-order chi connectivity index (χ1) is 9.84. The van der Waals surface area contributed by atoms with Crippen LogP contribution in [0.25, 0.3) is 0 Å². The zero-order chi connectivity index (χ0) is 15.9. The Kier molecular flexibility index (Phi) is 7.75. The van der Waals surface area contributed by atoms with E-state index in [9.17, 15) is 0 Å². The predicted molar refractivity (Wildman–Crippen MR) is 95.1 cm³/mol. The zero-order valence-electron chi connectivity index (χ0n) is 14.1. The lowest BCUT2D eigenvalue weighted by Gasteiger charge is -2.26. The Labute approximate surface area is 138 Å². The van der Waals surface area contributed by atoms with Gasteiger partial charge in [0.2, 0.25) is 0 Å². The van der Waals surface area contributed by atoms with Gasteiger partial charge < -0.3 is 10.1 Å². The highest BCUT2D eigenvalue weighted by Gasteiger charge is 2.17. The highest BCUT2D eigenvalue weighted by atomic mass is 79.9. The topological polar surface area (TPSA) is 21.3 Å². The molecule has 0 amide bonds. The van der Waals surface area contributed by atoms with Crippen LogP contribution in [0.5, 0.6) is 5.75 Å². The van der Waals surface area contributed by atoms with E-state index < -0.39 is 0 Å². The molecule has 0 fully saturated rings. The van der Waals surface area contributed by atoms with E-state index in [1.807, 2.05) is 6.92 Å². The lowest BCUT2D eigenvalue weighted by Crippen LogP contribution is -2.32. The van der Waals surface area contributed by atoms with Gasteiger partial charge >= 0.3 is 0 Å². The van der Waals surface area contributed by atoms with Crippen molar-refractivity contribution in [3.8, 4) is 5.75 Å². The van der Waals surface area contributed by atoms with E-state index in [-0.39, 0.29) is 0 Å². The predicted octanol–water partition coefficient (Wildman–Crippen LogP) is 5.05. The summed E-state index contributed by atoms with van der Waals surface area (Å²) in [5, 5.41) is 3.57. The van der Waals surface area contributed by atoms with E-state index in [0.29, 0.717) is 17.9 Å². The van der Waals surface area contributed by atoms with Crippen molar-refractivity contribution in [3.05, 3.63) is 28.2 Å². The summed E-state index contributed by atoms with van der Waals surface area (Å²) < 4.78 is 6.61. The first kappa shape index (κ1) is 18.5. The standard InChI is InChI=1S/C18H30BrNO/c1-6-21-17-8-7-15(11-16(17)19)9-10-18(4,5)13-20-12-14(2)3/h7-8,11,14,20H,6,9-10,12-13H2,1-5H3. The second-order valence-electron chi connectivity index (χ2n) is 6.89. The molecule has 1 rings (SSSR count). The Balaban J connectivity index is 2.48. The van der Waals surface area contributed by atoms with Gasteiger partial charge in [-0.05, 0) is 71.3 Å². The molecular weight excluding hydrogens is 326 g/mol. The Morgan fingerprint density at radius 1 is 1.29 bits per heavy atom. The molecule has 0 aromatic heterocycles. The van der Waals surface area contributed by atoms with Crippen LogP contribution in [0.4, 0.5) is 0 Å². The van der Waals surface area contributed by atoms with Crippen LogP contribution in [-0.2, 0) is 6.42 Å². The zero-order valence-corrected chi connectivity index (χ0v) is 15.7. The number of halogens is 1. The second kappa shape index (κ2) is 8.79. The number of nitrogens with one attached hydrogen (secondary N) is 1. The van der Waals surface area contributed by atoms with Crippen LogP contribution in [0.1, 0.15) is 46.6 Å². The van der Waals surface area contributed by atoms with E-state index in [1.54, 1.807) is 0 Å². The molecule has 0 spiro atoms. The molecule has 0 radical (unpaired) electrons. The van der Waals surface area contributed by atoms with Gasteiger partial charge in [-0.1, -0.05) is 33.8 Å². The lowest BCUT2D eigenvalue weighted by atomic mass is 9.86. The Hall–Kier alpha value is -0.540. The van der Waals surface area contributed by atoms with Gasteiger partial charge in [0.25, 0.3) is 0 Å². The molecule has 0 aliphatic heterocycles. The van der Waals surface area contributed by atoms with Gasteiger partial charge in [0.05, 0.1) is 11.1 Å². The summed E-state index contributed by atoms with van der Waals surface area (Å²) in [5.74, 6) is 1.64. The van der Waals surface area contributed by atoms with Crippen LogP contribution in [0, 0.1) is 11.3 Å². The van der Waals surface area contributed by atoms with Gasteiger partial charge in [-0.15, -0.1) is 0 Å². The van der Waals surface area contributed by atoms with Crippen molar-refractivity contribution in [2.75, 3.05) is 19.7 Å². The summed E-state index contributed by atoms with van der Waals surface area (Å²) in [4.78, 5) is 0. The molecule has 2 nitrogen and oxygen atoms in total. The molecule has 1 N–H and O–H groups in total. The number of benzene rings is 1. The van der Waals surface area contributed by atoms with Crippen molar-refractivity contribution in [1.82, 2.24) is 5.32 Å². The molecule has 0 saturated heterocycles. The first-order valence-electron chi connectivity index (χ1n) is 7.96. The van der Waals surface area contributed by atoms with E-state index in [0.717, 1.165) is 29.7 Å². The Bertz CT molecular complexity index is 429. The smallest absolute Gasteiger partial charge is 0.133 e. The molecule has 0 atom stereocenters. The molecule has 0 aliphatic carbocycles. The molecule has 0 saturated carbocycles. The number of hydrogen-bond acceptors (Lipinski definition) is 2. The number of rotatable bonds is 9. The Morgan fingerprint density at radius 3 is 2.57 bits per heavy atom. The van der Waals surface area contributed by atoms with Crippen LogP contribution in [0.15, 0.2) is 22.7 Å². The van der Waals surface area contributed by atoms with Gasteiger partial charge in [-0.2, -0.15) is 0 Å². The third kappa shape index (κ3) is 7.32. The van der Waals surface area contributed by atoms with Crippen LogP contribution in [-0.4, -0.2) is 19.7 Å².